The molecule has 0 saturated carbocycles. The zero-order valence-corrected chi connectivity index (χ0v) is 18.9. The second kappa shape index (κ2) is 12.8. The molecule has 0 aromatic heterocycles. The van der Waals surface area contributed by atoms with Crippen LogP contribution in [0.4, 0.5) is 5.69 Å². The summed E-state index contributed by atoms with van der Waals surface area (Å²) < 4.78 is 5.39. The zero-order chi connectivity index (χ0) is 21.0. The molecular weight excluding hydrogens is 376 g/mol. The zero-order valence-electron chi connectivity index (χ0n) is 18.9. The number of benzene rings is 1. The van der Waals surface area contributed by atoms with E-state index in [9.17, 15) is 0 Å². The molecule has 0 spiro atoms. The third-order valence-corrected chi connectivity index (χ3v) is 5.98. The van der Waals surface area contributed by atoms with Crippen LogP contribution in [0.25, 0.3) is 0 Å². The highest BCUT2D eigenvalue weighted by atomic mass is 16.5. The number of unbranched alkanes of at least 4 members (excludes halogenated alkanes) is 1. The lowest BCUT2D eigenvalue weighted by atomic mass is 10.2. The Kier molecular flexibility index (Phi) is 9.73. The van der Waals surface area contributed by atoms with Gasteiger partial charge in [0.15, 0.2) is 5.96 Å². The maximum absolute atomic E-state index is 5.39. The molecule has 2 saturated heterocycles. The number of piperazine rings is 1. The molecule has 2 fully saturated rings. The minimum atomic E-state index is 0.855. The number of anilines is 1. The Morgan fingerprint density at radius 2 is 1.67 bits per heavy atom. The second-order valence-corrected chi connectivity index (χ2v) is 8.25. The molecule has 0 aliphatic carbocycles. The maximum Gasteiger partial charge on any atom is 0.191 e. The summed E-state index contributed by atoms with van der Waals surface area (Å²) in [4.78, 5) is 11.9. The third-order valence-electron chi connectivity index (χ3n) is 5.98. The van der Waals surface area contributed by atoms with Crippen LogP contribution in [0.5, 0.6) is 0 Å². The molecule has 0 bridgehead atoms. The van der Waals surface area contributed by atoms with E-state index in [0.29, 0.717) is 0 Å². The molecular formula is C23H40N6O. The second-order valence-electron chi connectivity index (χ2n) is 8.25. The topological polar surface area (TPSA) is 55.4 Å². The summed E-state index contributed by atoms with van der Waals surface area (Å²) in [6.07, 6.45) is 2.39. The Morgan fingerprint density at radius 3 is 2.40 bits per heavy atom. The number of aliphatic imine (C=N–C) groups is 1. The van der Waals surface area contributed by atoms with Gasteiger partial charge in [-0.05, 0) is 44.0 Å². The number of hydrogen-bond acceptors (Lipinski definition) is 5. The van der Waals surface area contributed by atoms with Crippen molar-refractivity contribution in [3.8, 4) is 0 Å². The van der Waals surface area contributed by atoms with Crippen LogP contribution in [0.2, 0.25) is 0 Å². The predicted molar refractivity (Wildman–Crippen MR) is 126 cm³/mol. The smallest absolute Gasteiger partial charge is 0.191 e. The Labute approximate surface area is 182 Å². The van der Waals surface area contributed by atoms with Crippen molar-refractivity contribution >= 4 is 11.6 Å². The van der Waals surface area contributed by atoms with Crippen molar-refractivity contribution in [2.24, 2.45) is 4.99 Å². The van der Waals surface area contributed by atoms with E-state index >= 15 is 0 Å². The highest BCUT2D eigenvalue weighted by molar-refractivity contribution is 5.79. The van der Waals surface area contributed by atoms with Crippen molar-refractivity contribution in [3.63, 3.8) is 0 Å². The van der Waals surface area contributed by atoms with Gasteiger partial charge >= 0.3 is 0 Å². The van der Waals surface area contributed by atoms with Gasteiger partial charge in [0.2, 0.25) is 0 Å². The number of aryl methyl sites for hydroxylation is 1. The first kappa shape index (κ1) is 22.8. The number of rotatable bonds is 9. The monoisotopic (exact) mass is 416 g/mol. The van der Waals surface area contributed by atoms with Gasteiger partial charge in [-0.1, -0.05) is 12.1 Å². The van der Waals surface area contributed by atoms with Crippen LogP contribution in [0.1, 0.15) is 18.4 Å². The molecule has 7 heteroatoms. The minimum Gasteiger partial charge on any atom is -0.379 e. The highest BCUT2D eigenvalue weighted by Gasteiger charge is 2.16. The van der Waals surface area contributed by atoms with E-state index in [-0.39, 0.29) is 0 Å². The van der Waals surface area contributed by atoms with Crippen LogP contribution in [0, 0.1) is 6.92 Å². The predicted octanol–water partition coefficient (Wildman–Crippen LogP) is 1.39. The molecule has 7 nitrogen and oxygen atoms in total. The van der Waals surface area contributed by atoms with Crippen molar-refractivity contribution in [2.45, 2.75) is 19.8 Å². The first-order valence-electron chi connectivity index (χ1n) is 11.5. The Bertz CT molecular complexity index is 638. The normalized spacial score (nSPS) is 19.1. The van der Waals surface area contributed by atoms with E-state index in [0.717, 1.165) is 78.1 Å². The molecule has 1 aromatic rings. The number of guanidine groups is 1. The summed E-state index contributed by atoms with van der Waals surface area (Å²) in [5.74, 6) is 0.912. The molecule has 0 atom stereocenters. The van der Waals surface area contributed by atoms with Gasteiger partial charge in [0.1, 0.15) is 0 Å². The molecule has 2 N–H and O–H groups in total. The number of nitrogens with zero attached hydrogens (tertiary/aromatic N) is 4. The average Bonchev–Trinajstić information content (AvgIpc) is 2.79. The molecule has 168 valence electrons. The lowest BCUT2D eigenvalue weighted by Crippen LogP contribution is -2.46. The summed E-state index contributed by atoms with van der Waals surface area (Å²) in [7, 11) is 1.85. The highest BCUT2D eigenvalue weighted by Crippen LogP contribution is 2.17. The van der Waals surface area contributed by atoms with Gasteiger partial charge in [-0.3, -0.25) is 14.8 Å². The quantitative estimate of drug-likeness (QED) is 0.361. The van der Waals surface area contributed by atoms with Crippen LogP contribution >= 0.6 is 0 Å². The summed E-state index contributed by atoms with van der Waals surface area (Å²) >= 11 is 0. The Hall–Kier alpha value is -1.83. The summed E-state index contributed by atoms with van der Waals surface area (Å²) in [6, 6.07) is 8.86. The molecule has 1 aromatic carbocycles. The van der Waals surface area contributed by atoms with Crippen molar-refractivity contribution < 1.29 is 4.74 Å². The molecule has 30 heavy (non-hydrogen) atoms. The molecule has 2 aliphatic rings. The fourth-order valence-electron chi connectivity index (χ4n) is 4.10. The van der Waals surface area contributed by atoms with Gasteiger partial charge in [-0.15, -0.1) is 0 Å². The number of ether oxygens (including phenoxy) is 1. The van der Waals surface area contributed by atoms with E-state index in [4.69, 9.17) is 4.74 Å². The van der Waals surface area contributed by atoms with Crippen molar-refractivity contribution in [1.82, 2.24) is 20.4 Å². The lowest BCUT2D eigenvalue weighted by Gasteiger charge is -2.36. The molecule has 0 amide bonds. The van der Waals surface area contributed by atoms with E-state index in [1.165, 1.54) is 30.6 Å². The fraction of sp³-hybridized carbons (Fsp3) is 0.696. The maximum atomic E-state index is 5.39. The summed E-state index contributed by atoms with van der Waals surface area (Å²) in [6.45, 7) is 14.6. The molecule has 0 radical (unpaired) electrons. The van der Waals surface area contributed by atoms with Crippen molar-refractivity contribution in [3.05, 3.63) is 29.8 Å². The minimum absolute atomic E-state index is 0.855. The van der Waals surface area contributed by atoms with Crippen molar-refractivity contribution in [1.29, 1.82) is 0 Å². The standard InChI is InChI=1S/C23H40N6O/c1-21-6-5-7-22(20-21)29-14-12-27(13-15-29)10-4-3-8-25-23(24-2)26-9-11-28-16-18-30-19-17-28/h5-7,20H,3-4,8-19H2,1-2H3,(H2,24,25,26). The summed E-state index contributed by atoms with van der Waals surface area (Å²) in [5, 5.41) is 6.87. The van der Waals surface area contributed by atoms with Crippen molar-refractivity contribution in [2.75, 3.05) is 90.6 Å². The van der Waals surface area contributed by atoms with E-state index in [1.54, 1.807) is 0 Å². The average molecular weight is 417 g/mol. The fourth-order valence-corrected chi connectivity index (χ4v) is 4.10. The van der Waals surface area contributed by atoms with Crippen LogP contribution in [0.15, 0.2) is 29.3 Å². The van der Waals surface area contributed by atoms with Gasteiger partial charge in [0.05, 0.1) is 13.2 Å². The first-order valence-corrected chi connectivity index (χ1v) is 11.5. The summed E-state index contributed by atoms with van der Waals surface area (Å²) in [5.41, 5.74) is 2.71. The van der Waals surface area contributed by atoms with Gasteiger partial charge in [0, 0.05) is 71.6 Å². The van der Waals surface area contributed by atoms with Gasteiger partial charge in [0.25, 0.3) is 0 Å². The molecule has 3 rings (SSSR count). The third kappa shape index (κ3) is 7.78. The van der Waals surface area contributed by atoms with E-state index < -0.39 is 0 Å². The molecule has 2 aliphatic heterocycles. The SMILES string of the molecule is CN=C(NCCCCN1CCN(c2cccc(C)c2)CC1)NCCN1CCOCC1. The van der Waals surface area contributed by atoms with E-state index in [2.05, 4.69) is 61.5 Å². The van der Waals surface area contributed by atoms with Gasteiger partial charge in [-0.25, -0.2) is 0 Å². The Morgan fingerprint density at radius 1 is 0.933 bits per heavy atom. The number of morpholine rings is 1. The van der Waals surface area contributed by atoms with Crippen LogP contribution in [-0.4, -0.2) is 101 Å². The van der Waals surface area contributed by atoms with Crippen LogP contribution in [-0.2, 0) is 4.74 Å². The molecule has 2 heterocycles. The molecule has 0 unspecified atom stereocenters. The Balaban J connectivity index is 1.22. The van der Waals surface area contributed by atoms with Crippen LogP contribution < -0.4 is 15.5 Å². The van der Waals surface area contributed by atoms with E-state index in [1.807, 2.05) is 7.05 Å². The number of hydrogen-bond donors (Lipinski definition) is 2. The largest absolute Gasteiger partial charge is 0.379 e. The van der Waals surface area contributed by atoms with Gasteiger partial charge < -0.3 is 20.3 Å². The number of nitrogens with one attached hydrogen (secondary N) is 2. The lowest BCUT2D eigenvalue weighted by molar-refractivity contribution is 0.0389. The van der Waals surface area contributed by atoms with Crippen LogP contribution in [0.3, 0.4) is 0 Å². The van der Waals surface area contributed by atoms with Gasteiger partial charge in [-0.2, -0.15) is 0 Å². The first-order chi connectivity index (χ1) is 14.7.